The van der Waals surface area contributed by atoms with Gasteiger partial charge in [0.15, 0.2) is 0 Å². The van der Waals surface area contributed by atoms with Gasteiger partial charge in [0.2, 0.25) is 5.95 Å². The number of halogens is 1. The van der Waals surface area contributed by atoms with Crippen LogP contribution in [0.2, 0.25) is 0 Å². The zero-order valence-electron chi connectivity index (χ0n) is 16.6. The molecule has 1 spiro atoms. The minimum absolute atomic E-state index is 0.0689. The summed E-state index contributed by atoms with van der Waals surface area (Å²) in [6.07, 6.45) is 6.08. The smallest absolute Gasteiger partial charge is 0.229 e. The highest BCUT2D eigenvalue weighted by Gasteiger charge is 2.52. The molecule has 2 heterocycles. The summed E-state index contributed by atoms with van der Waals surface area (Å²) >= 11 is 0. The van der Waals surface area contributed by atoms with Crippen molar-refractivity contribution in [2.75, 3.05) is 18.1 Å². The molecule has 2 N–H and O–H groups in total. The maximum Gasteiger partial charge on any atom is 0.229 e. The van der Waals surface area contributed by atoms with Gasteiger partial charge >= 0.3 is 0 Å². The van der Waals surface area contributed by atoms with E-state index in [2.05, 4.69) is 20.9 Å². The summed E-state index contributed by atoms with van der Waals surface area (Å²) in [5, 5.41) is 19.5. The maximum atomic E-state index is 14.1. The number of aliphatic hydroxyl groups is 2. The average Bonchev–Trinajstić information content (AvgIpc) is 3.49. The van der Waals surface area contributed by atoms with Crippen molar-refractivity contribution in [1.82, 2.24) is 9.97 Å². The van der Waals surface area contributed by atoms with E-state index in [9.17, 15) is 9.50 Å². The van der Waals surface area contributed by atoms with Crippen molar-refractivity contribution in [2.45, 2.75) is 37.2 Å². The number of benzene rings is 2. The summed E-state index contributed by atoms with van der Waals surface area (Å²) in [7, 11) is 0. The lowest BCUT2D eigenvalue weighted by molar-refractivity contribution is 0.152. The summed E-state index contributed by atoms with van der Waals surface area (Å²) in [6, 6.07) is 12.7. The number of hydrogen-bond donors (Lipinski definition) is 2. The van der Waals surface area contributed by atoms with Crippen LogP contribution in [0.5, 0.6) is 0 Å². The van der Waals surface area contributed by atoms with Gasteiger partial charge in [-0.25, -0.2) is 14.4 Å². The Morgan fingerprint density at radius 3 is 2.57 bits per heavy atom. The van der Waals surface area contributed by atoms with Crippen molar-refractivity contribution >= 4 is 11.6 Å². The standard InChI is InChI=1S/C24H24FN3O2/c25-20-5-2-1-4-18(20)17-13-26-23(27-14-17)28-15-24(9-10-24)19-8-7-16(12-21(19)28)22(30)6-3-11-29/h1-2,4-5,7-8,12-14,22,29-30H,3,6,9-11,15H2. The van der Waals surface area contributed by atoms with E-state index in [1.807, 2.05) is 12.1 Å². The predicted octanol–water partition coefficient (Wildman–Crippen LogP) is 4.27. The molecule has 0 amide bonds. The van der Waals surface area contributed by atoms with Gasteiger partial charge in [0.05, 0.1) is 6.10 Å². The number of rotatable bonds is 6. The summed E-state index contributed by atoms with van der Waals surface area (Å²) < 4.78 is 14.1. The molecule has 0 radical (unpaired) electrons. The van der Waals surface area contributed by atoms with Crippen molar-refractivity contribution in [3.63, 3.8) is 0 Å². The van der Waals surface area contributed by atoms with E-state index in [1.165, 1.54) is 11.6 Å². The Labute approximate surface area is 174 Å². The molecule has 5 nitrogen and oxygen atoms in total. The quantitative estimate of drug-likeness (QED) is 0.641. The molecule has 5 rings (SSSR count). The average molecular weight is 405 g/mol. The summed E-state index contributed by atoms with van der Waals surface area (Å²) in [6.45, 7) is 0.886. The first-order chi connectivity index (χ1) is 14.6. The molecule has 1 aromatic heterocycles. The number of fused-ring (bicyclic) bond motifs is 2. The van der Waals surface area contributed by atoms with Crippen molar-refractivity contribution < 1.29 is 14.6 Å². The van der Waals surface area contributed by atoms with E-state index in [0.717, 1.165) is 30.6 Å². The molecule has 1 fully saturated rings. The van der Waals surface area contributed by atoms with Crippen LogP contribution < -0.4 is 4.90 Å². The third-order valence-corrected chi connectivity index (χ3v) is 6.28. The zero-order chi connectivity index (χ0) is 20.7. The first kappa shape index (κ1) is 19.2. The second-order valence-electron chi connectivity index (χ2n) is 8.28. The minimum Gasteiger partial charge on any atom is -0.396 e. The van der Waals surface area contributed by atoms with E-state index < -0.39 is 6.10 Å². The molecule has 2 aliphatic rings. The van der Waals surface area contributed by atoms with Crippen LogP contribution >= 0.6 is 0 Å². The van der Waals surface area contributed by atoms with Gasteiger partial charge in [-0.05, 0) is 48.9 Å². The molecule has 1 aliphatic heterocycles. The molecule has 1 saturated carbocycles. The summed E-state index contributed by atoms with van der Waals surface area (Å²) in [5.41, 5.74) is 4.43. The molecule has 1 aliphatic carbocycles. The molecule has 2 aromatic carbocycles. The van der Waals surface area contributed by atoms with Gasteiger partial charge in [-0.3, -0.25) is 0 Å². The molecule has 154 valence electrons. The van der Waals surface area contributed by atoms with Crippen molar-refractivity contribution in [3.05, 3.63) is 71.8 Å². The van der Waals surface area contributed by atoms with E-state index in [0.29, 0.717) is 29.9 Å². The van der Waals surface area contributed by atoms with Gasteiger partial charge in [0, 0.05) is 47.8 Å². The highest BCUT2D eigenvalue weighted by molar-refractivity contribution is 5.72. The largest absolute Gasteiger partial charge is 0.396 e. The Morgan fingerprint density at radius 1 is 1.10 bits per heavy atom. The van der Waals surface area contributed by atoms with Crippen LogP contribution in [-0.2, 0) is 5.41 Å². The molecule has 3 aromatic rings. The number of aliphatic hydroxyl groups excluding tert-OH is 2. The minimum atomic E-state index is -0.607. The molecular weight excluding hydrogens is 381 g/mol. The highest BCUT2D eigenvalue weighted by atomic mass is 19.1. The van der Waals surface area contributed by atoms with Crippen LogP contribution in [-0.4, -0.2) is 33.3 Å². The van der Waals surface area contributed by atoms with E-state index in [-0.39, 0.29) is 17.8 Å². The second kappa shape index (κ2) is 7.45. The van der Waals surface area contributed by atoms with Crippen LogP contribution in [0.15, 0.2) is 54.9 Å². The molecular formula is C24H24FN3O2. The van der Waals surface area contributed by atoms with Crippen molar-refractivity contribution in [2.24, 2.45) is 0 Å². The fourth-order valence-electron chi connectivity index (χ4n) is 4.40. The van der Waals surface area contributed by atoms with Crippen LogP contribution in [0.4, 0.5) is 16.0 Å². The van der Waals surface area contributed by atoms with Gasteiger partial charge in [0.25, 0.3) is 0 Å². The lowest BCUT2D eigenvalue weighted by Gasteiger charge is -2.19. The summed E-state index contributed by atoms with van der Waals surface area (Å²) in [4.78, 5) is 11.2. The maximum absolute atomic E-state index is 14.1. The normalized spacial score (nSPS) is 17.2. The Hall–Kier alpha value is -2.83. The monoisotopic (exact) mass is 405 g/mol. The van der Waals surface area contributed by atoms with Crippen molar-refractivity contribution in [1.29, 1.82) is 0 Å². The Kier molecular flexibility index (Phi) is 4.76. The Balaban J connectivity index is 1.47. The lowest BCUT2D eigenvalue weighted by Crippen LogP contribution is -2.21. The third-order valence-electron chi connectivity index (χ3n) is 6.28. The van der Waals surface area contributed by atoms with Crippen LogP contribution in [0.1, 0.15) is 42.9 Å². The molecule has 0 saturated heterocycles. The topological polar surface area (TPSA) is 69.5 Å². The third kappa shape index (κ3) is 3.26. The molecule has 0 bridgehead atoms. The Morgan fingerprint density at radius 2 is 1.87 bits per heavy atom. The Bertz CT molecular complexity index is 1070. The van der Waals surface area contributed by atoms with Gasteiger partial charge in [-0.1, -0.05) is 30.3 Å². The molecule has 1 atom stereocenters. The van der Waals surface area contributed by atoms with Gasteiger partial charge in [0.1, 0.15) is 5.82 Å². The fraction of sp³-hybridized carbons (Fsp3) is 0.333. The first-order valence-electron chi connectivity index (χ1n) is 10.4. The predicted molar refractivity (Wildman–Crippen MR) is 113 cm³/mol. The van der Waals surface area contributed by atoms with Gasteiger partial charge in [-0.2, -0.15) is 0 Å². The SMILES string of the molecule is OCCCC(O)c1ccc2c(c1)N(c1ncc(-c3ccccc3F)cn1)CC21CC1. The summed E-state index contributed by atoms with van der Waals surface area (Å²) in [5.74, 6) is 0.293. The van der Waals surface area contributed by atoms with Gasteiger partial charge in [-0.15, -0.1) is 0 Å². The molecule has 1 unspecified atom stereocenters. The number of anilines is 2. The highest BCUT2D eigenvalue weighted by Crippen LogP contribution is 2.58. The second-order valence-corrected chi connectivity index (χ2v) is 8.28. The molecule has 6 heteroatoms. The number of nitrogens with zero attached hydrogens (tertiary/aromatic N) is 3. The number of hydrogen-bond acceptors (Lipinski definition) is 5. The van der Waals surface area contributed by atoms with Crippen LogP contribution in [0.3, 0.4) is 0 Å². The van der Waals surface area contributed by atoms with Gasteiger partial charge < -0.3 is 15.1 Å². The van der Waals surface area contributed by atoms with E-state index in [1.54, 1.807) is 30.6 Å². The zero-order valence-corrected chi connectivity index (χ0v) is 16.6. The fourth-order valence-corrected chi connectivity index (χ4v) is 4.40. The van der Waals surface area contributed by atoms with Crippen molar-refractivity contribution in [3.8, 4) is 11.1 Å². The van der Waals surface area contributed by atoms with Crippen LogP contribution in [0.25, 0.3) is 11.1 Å². The molecule has 30 heavy (non-hydrogen) atoms. The lowest BCUT2D eigenvalue weighted by atomic mass is 9.95. The first-order valence-corrected chi connectivity index (χ1v) is 10.4. The van der Waals surface area contributed by atoms with E-state index >= 15 is 0 Å². The van der Waals surface area contributed by atoms with Crippen LogP contribution in [0, 0.1) is 5.82 Å². The number of aromatic nitrogens is 2. The van der Waals surface area contributed by atoms with E-state index in [4.69, 9.17) is 5.11 Å².